The molecular weight excluding hydrogens is 138 g/mol. The zero-order valence-electron chi connectivity index (χ0n) is 6.07. The second kappa shape index (κ2) is 2.31. The van der Waals surface area contributed by atoms with Gasteiger partial charge in [0.15, 0.2) is 5.88 Å². The molecule has 0 aromatic heterocycles. The Balaban J connectivity index is 2.35. The van der Waals surface area contributed by atoms with Crippen molar-refractivity contribution in [3.05, 3.63) is 48.2 Å². The summed E-state index contributed by atoms with van der Waals surface area (Å²) in [5, 5.41) is 9.37. The van der Waals surface area contributed by atoms with Gasteiger partial charge in [0.2, 0.25) is 0 Å². The van der Waals surface area contributed by atoms with E-state index >= 15 is 0 Å². The molecule has 0 aliphatic carbocycles. The van der Waals surface area contributed by atoms with E-state index in [0.717, 1.165) is 12.1 Å². The predicted octanol–water partition coefficient (Wildman–Crippen LogP) is 2.06. The third kappa shape index (κ3) is 0.963. The molecule has 2 nitrogen and oxygen atoms in total. The third-order valence-electron chi connectivity index (χ3n) is 1.77. The van der Waals surface area contributed by atoms with E-state index in [2.05, 4.69) is 6.08 Å². The summed E-state index contributed by atoms with van der Waals surface area (Å²) in [7, 11) is 0. The zero-order valence-corrected chi connectivity index (χ0v) is 6.07. The number of fused-ring (bicyclic) bond motifs is 1. The van der Waals surface area contributed by atoms with Gasteiger partial charge in [-0.3, -0.25) is 4.90 Å². The molecular formula is C9H9NO. The minimum atomic E-state index is 0.322. The molecule has 56 valence electrons. The van der Waals surface area contributed by atoms with Crippen LogP contribution < -0.4 is 0 Å². The lowest BCUT2D eigenvalue weighted by atomic mass is 10.2. The van der Waals surface area contributed by atoms with Gasteiger partial charge in [0, 0.05) is 11.9 Å². The first-order valence-corrected chi connectivity index (χ1v) is 3.61. The fourth-order valence-corrected chi connectivity index (χ4v) is 1.21. The summed E-state index contributed by atoms with van der Waals surface area (Å²) in [6, 6.07) is 0. The van der Waals surface area contributed by atoms with Crippen LogP contribution in [0.2, 0.25) is 0 Å². The molecule has 0 saturated heterocycles. The van der Waals surface area contributed by atoms with Gasteiger partial charge in [-0.05, 0) is 24.6 Å². The van der Waals surface area contributed by atoms with Gasteiger partial charge >= 0.3 is 0 Å². The first-order chi connectivity index (χ1) is 5.38. The van der Waals surface area contributed by atoms with Gasteiger partial charge in [0.25, 0.3) is 0 Å². The van der Waals surface area contributed by atoms with Crippen molar-refractivity contribution >= 4 is 0 Å². The van der Waals surface area contributed by atoms with Gasteiger partial charge < -0.3 is 5.11 Å². The lowest BCUT2D eigenvalue weighted by Crippen LogP contribution is -2.18. The van der Waals surface area contributed by atoms with Crippen LogP contribution in [0.1, 0.15) is 6.42 Å². The van der Waals surface area contributed by atoms with E-state index in [4.69, 9.17) is 0 Å². The van der Waals surface area contributed by atoms with E-state index in [1.54, 1.807) is 11.0 Å². The number of aliphatic hydroxyl groups excluding tert-OH is 1. The van der Waals surface area contributed by atoms with E-state index < -0.39 is 0 Å². The van der Waals surface area contributed by atoms with Crippen LogP contribution in [0.5, 0.6) is 0 Å². The van der Waals surface area contributed by atoms with Crippen LogP contribution in [-0.2, 0) is 0 Å². The fourth-order valence-electron chi connectivity index (χ4n) is 1.21. The van der Waals surface area contributed by atoms with Gasteiger partial charge in [-0.2, -0.15) is 0 Å². The minimum Gasteiger partial charge on any atom is -0.494 e. The second-order valence-electron chi connectivity index (χ2n) is 2.50. The molecule has 0 radical (unpaired) electrons. The average Bonchev–Trinajstić information content (AvgIpc) is 2.06. The average molecular weight is 147 g/mol. The minimum absolute atomic E-state index is 0.322. The molecule has 2 heterocycles. The number of aliphatic hydroxyl groups is 1. The largest absolute Gasteiger partial charge is 0.494 e. The van der Waals surface area contributed by atoms with Crippen LogP contribution in [-0.4, -0.2) is 10.0 Å². The van der Waals surface area contributed by atoms with Gasteiger partial charge in [-0.15, -0.1) is 0 Å². The maximum Gasteiger partial charge on any atom is 0.191 e. The molecule has 0 fully saturated rings. The van der Waals surface area contributed by atoms with Crippen LogP contribution in [0.3, 0.4) is 0 Å². The highest BCUT2D eigenvalue weighted by Crippen LogP contribution is 2.21. The summed E-state index contributed by atoms with van der Waals surface area (Å²) < 4.78 is 0. The quantitative estimate of drug-likeness (QED) is 0.567. The molecule has 0 amide bonds. The Kier molecular flexibility index (Phi) is 1.32. The maximum absolute atomic E-state index is 9.37. The Morgan fingerprint density at radius 3 is 3.00 bits per heavy atom. The number of hydrogen-bond donors (Lipinski definition) is 1. The van der Waals surface area contributed by atoms with Crippen molar-refractivity contribution < 1.29 is 5.11 Å². The molecule has 0 bridgehead atoms. The fraction of sp³-hybridized carbons (Fsp3) is 0.111. The molecule has 1 N–H and O–H groups in total. The highest BCUT2D eigenvalue weighted by Gasteiger charge is 2.12. The van der Waals surface area contributed by atoms with E-state index in [1.807, 2.05) is 24.4 Å². The Labute approximate surface area is 65.4 Å². The molecule has 0 spiro atoms. The topological polar surface area (TPSA) is 23.5 Å². The second-order valence-corrected chi connectivity index (χ2v) is 2.50. The zero-order chi connectivity index (χ0) is 7.68. The maximum atomic E-state index is 9.37. The smallest absolute Gasteiger partial charge is 0.191 e. The van der Waals surface area contributed by atoms with E-state index in [0.29, 0.717) is 5.88 Å². The number of rotatable bonds is 0. The van der Waals surface area contributed by atoms with Crippen LogP contribution in [0.15, 0.2) is 48.2 Å². The first kappa shape index (κ1) is 6.28. The first-order valence-electron chi connectivity index (χ1n) is 3.61. The molecule has 11 heavy (non-hydrogen) atoms. The lowest BCUT2D eigenvalue weighted by Gasteiger charge is -2.24. The van der Waals surface area contributed by atoms with Crippen molar-refractivity contribution in [1.82, 2.24) is 4.90 Å². The lowest BCUT2D eigenvalue weighted by molar-refractivity contribution is 0.284. The van der Waals surface area contributed by atoms with Crippen molar-refractivity contribution in [2.45, 2.75) is 6.42 Å². The molecule has 0 saturated carbocycles. The summed E-state index contributed by atoms with van der Waals surface area (Å²) in [4.78, 5) is 1.75. The van der Waals surface area contributed by atoms with Crippen molar-refractivity contribution in [3.8, 4) is 0 Å². The van der Waals surface area contributed by atoms with Crippen LogP contribution in [0.25, 0.3) is 0 Å². The molecule has 0 unspecified atom stereocenters. The number of nitrogens with zero attached hydrogens (tertiary/aromatic N) is 1. The third-order valence-corrected chi connectivity index (χ3v) is 1.77. The van der Waals surface area contributed by atoms with E-state index in [1.165, 1.54) is 0 Å². The van der Waals surface area contributed by atoms with Gasteiger partial charge in [-0.25, -0.2) is 0 Å². The summed E-state index contributed by atoms with van der Waals surface area (Å²) in [6.45, 7) is 0. The standard InChI is InChI=1S/C9H9NO/c11-9-6-3-5-8-4-1-2-7-10(8)9/h1-2,4-7,11H,3H2. The molecule has 0 aromatic carbocycles. The highest BCUT2D eigenvalue weighted by atomic mass is 16.3. The van der Waals surface area contributed by atoms with Crippen molar-refractivity contribution in [2.24, 2.45) is 0 Å². The SMILES string of the molecule is OC1=CCC=C2C=CC=CN12. The Morgan fingerprint density at radius 2 is 2.18 bits per heavy atom. The van der Waals surface area contributed by atoms with Gasteiger partial charge in [0.1, 0.15) is 0 Å². The van der Waals surface area contributed by atoms with Crippen LogP contribution >= 0.6 is 0 Å². The van der Waals surface area contributed by atoms with Crippen molar-refractivity contribution in [2.75, 3.05) is 0 Å². The van der Waals surface area contributed by atoms with Crippen LogP contribution in [0.4, 0.5) is 0 Å². The molecule has 0 atom stereocenters. The monoisotopic (exact) mass is 147 g/mol. The summed E-state index contributed by atoms with van der Waals surface area (Å²) in [6.07, 6.45) is 12.3. The Morgan fingerprint density at radius 1 is 1.27 bits per heavy atom. The predicted molar refractivity (Wildman–Crippen MR) is 43.5 cm³/mol. The van der Waals surface area contributed by atoms with E-state index in [-0.39, 0.29) is 0 Å². The normalized spacial score (nSPS) is 20.9. The molecule has 0 aromatic rings. The molecule has 2 heteroatoms. The number of hydrogen-bond acceptors (Lipinski definition) is 2. The Hall–Kier alpha value is -1.44. The number of allylic oxidation sites excluding steroid dienone is 5. The molecule has 2 rings (SSSR count). The summed E-state index contributed by atoms with van der Waals surface area (Å²) >= 11 is 0. The van der Waals surface area contributed by atoms with Gasteiger partial charge in [0.05, 0.1) is 0 Å². The Bertz CT molecular complexity index is 284. The van der Waals surface area contributed by atoms with Crippen molar-refractivity contribution in [3.63, 3.8) is 0 Å². The molecule has 2 aliphatic rings. The van der Waals surface area contributed by atoms with Gasteiger partial charge in [-0.1, -0.05) is 12.2 Å². The molecule has 2 aliphatic heterocycles. The summed E-state index contributed by atoms with van der Waals surface area (Å²) in [5.74, 6) is 0.322. The van der Waals surface area contributed by atoms with Crippen LogP contribution in [0, 0.1) is 0 Å². The van der Waals surface area contributed by atoms with Crippen molar-refractivity contribution in [1.29, 1.82) is 0 Å². The highest BCUT2D eigenvalue weighted by molar-refractivity contribution is 5.33. The summed E-state index contributed by atoms with van der Waals surface area (Å²) in [5.41, 5.74) is 1.05. The van der Waals surface area contributed by atoms with E-state index in [9.17, 15) is 5.11 Å².